The van der Waals surface area contributed by atoms with Crippen molar-refractivity contribution in [3.8, 4) is 0 Å². The largest absolute Gasteiger partial charge is 0.316 e. The molecular formula is C12H13F2NO. The van der Waals surface area contributed by atoms with E-state index in [-0.39, 0.29) is 11.3 Å². The fourth-order valence-corrected chi connectivity index (χ4v) is 2.04. The second kappa shape index (κ2) is 3.94. The summed E-state index contributed by atoms with van der Waals surface area (Å²) in [6.45, 7) is 3.14. The lowest BCUT2D eigenvalue weighted by atomic mass is 9.81. The highest BCUT2D eigenvalue weighted by Crippen LogP contribution is 2.29. The SMILES string of the molecule is CC1(C(=O)c2cc(F)cc(F)c2)CCNC1. The van der Waals surface area contributed by atoms with Crippen molar-refractivity contribution in [2.24, 2.45) is 5.41 Å². The Labute approximate surface area is 92.7 Å². The van der Waals surface area contributed by atoms with Crippen molar-refractivity contribution in [2.75, 3.05) is 13.1 Å². The Balaban J connectivity index is 2.33. The Kier molecular flexibility index (Phi) is 2.76. The standard InChI is InChI=1S/C12H13F2NO/c1-12(2-3-15-7-12)11(16)8-4-9(13)6-10(14)5-8/h4-6,15H,2-3,7H2,1H3. The molecule has 1 unspecified atom stereocenters. The summed E-state index contributed by atoms with van der Waals surface area (Å²) in [5, 5.41) is 3.08. The number of rotatable bonds is 2. The first kappa shape index (κ1) is 11.2. The van der Waals surface area contributed by atoms with Gasteiger partial charge in [-0.1, -0.05) is 6.92 Å². The van der Waals surface area contributed by atoms with Crippen LogP contribution in [0.25, 0.3) is 0 Å². The zero-order chi connectivity index (χ0) is 11.8. The maximum atomic E-state index is 13.0. The maximum absolute atomic E-state index is 13.0. The molecule has 1 fully saturated rings. The Morgan fingerprint density at radius 2 is 1.94 bits per heavy atom. The zero-order valence-electron chi connectivity index (χ0n) is 9.02. The van der Waals surface area contributed by atoms with E-state index in [0.29, 0.717) is 13.0 Å². The number of benzene rings is 1. The molecule has 4 heteroatoms. The highest BCUT2D eigenvalue weighted by Gasteiger charge is 2.36. The molecular weight excluding hydrogens is 212 g/mol. The van der Waals surface area contributed by atoms with Crippen molar-refractivity contribution in [1.82, 2.24) is 5.32 Å². The number of Topliss-reactive ketones (excluding diaryl/α,β-unsaturated/α-hetero) is 1. The molecule has 0 saturated carbocycles. The minimum absolute atomic E-state index is 0.115. The van der Waals surface area contributed by atoms with Gasteiger partial charge in [0.25, 0.3) is 0 Å². The Hall–Kier alpha value is -1.29. The third kappa shape index (κ3) is 1.97. The molecule has 2 rings (SSSR count). The van der Waals surface area contributed by atoms with Gasteiger partial charge in [-0.15, -0.1) is 0 Å². The van der Waals surface area contributed by atoms with Crippen LogP contribution in [0.2, 0.25) is 0 Å². The quantitative estimate of drug-likeness (QED) is 0.781. The van der Waals surface area contributed by atoms with Gasteiger partial charge in [0.1, 0.15) is 11.6 Å². The van der Waals surface area contributed by atoms with Crippen molar-refractivity contribution < 1.29 is 13.6 Å². The van der Waals surface area contributed by atoms with Gasteiger partial charge in [0.05, 0.1) is 0 Å². The highest BCUT2D eigenvalue weighted by atomic mass is 19.1. The third-order valence-electron chi connectivity index (χ3n) is 3.04. The summed E-state index contributed by atoms with van der Waals surface area (Å²) < 4.78 is 26.0. The average molecular weight is 225 g/mol. The van der Waals surface area contributed by atoms with E-state index in [9.17, 15) is 13.6 Å². The minimum Gasteiger partial charge on any atom is -0.316 e. The summed E-state index contributed by atoms with van der Waals surface area (Å²) >= 11 is 0. The monoisotopic (exact) mass is 225 g/mol. The van der Waals surface area contributed by atoms with Gasteiger partial charge in [0, 0.05) is 23.6 Å². The van der Waals surface area contributed by atoms with Gasteiger partial charge in [-0.2, -0.15) is 0 Å². The van der Waals surface area contributed by atoms with Gasteiger partial charge in [-0.05, 0) is 25.1 Å². The van der Waals surface area contributed by atoms with E-state index in [4.69, 9.17) is 0 Å². The average Bonchev–Trinajstić information content (AvgIpc) is 2.64. The van der Waals surface area contributed by atoms with Crippen LogP contribution in [0.4, 0.5) is 8.78 Å². The molecule has 0 bridgehead atoms. The van der Waals surface area contributed by atoms with Gasteiger partial charge in [-0.3, -0.25) is 4.79 Å². The lowest BCUT2D eigenvalue weighted by Gasteiger charge is -2.20. The number of hydrogen-bond acceptors (Lipinski definition) is 2. The van der Waals surface area contributed by atoms with Gasteiger partial charge in [0.15, 0.2) is 5.78 Å². The van der Waals surface area contributed by atoms with E-state index in [2.05, 4.69) is 5.32 Å². The predicted octanol–water partition coefficient (Wildman–Crippen LogP) is 2.15. The van der Waals surface area contributed by atoms with Crippen molar-refractivity contribution in [3.05, 3.63) is 35.4 Å². The Morgan fingerprint density at radius 3 is 2.44 bits per heavy atom. The lowest BCUT2D eigenvalue weighted by Crippen LogP contribution is -2.30. The summed E-state index contributed by atoms with van der Waals surface area (Å²) in [6.07, 6.45) is 0.698. The smallest absolute Gasteiger partial charge is 0.170 e. The van der Waals surface area contributed by atoms with Crippen LogP contribution >= 0.6 is 0 Å². The molecule has 2 nitrogen and oxygen atoms in total. The van der Waals surface area contributed by atoms with Crippen LogP contribution in [0.1, 0.15) is 23.7 Å². The molecule has 86 valence electrons. The second-order valence-electron chi connectivity index (χ2n) is 4.47. The summed E-state index contributed by atoms with van der Waals surface area (Å²) in [7, 11) is 0. The summed E-state index contributed by atoms with van der Waals surface area (Å²) in [5.74, 6) is -1.62. The Morgan fingerprint density at radius 1 is 1.31 bits per heavy atom. The predicted molar refractivity (Wildman–Crippen MR) is 56.3 cm³/mol. The molecule has 0 radical (unpaired) electrons. The van der Waals surface area contributed by atoms with E-state index in [1.165, 1.54) is 0 Å². The number of halogens is 2. The molecule has 1 aliphatic heterocycles. The molecule has 0 spiro atoms. The van der Waals surface area contributed by atoms with E-state index < -0.39 is 17.0 Å². The minimum atomic E-state index is -0.710. The zero-order valence-corrected chi connectivity index (χ0v) is 9.02. The third-order valence-corrected chi connectivity index (χ3v) is 3.04. The fourth-order valence-electron chi connectivity index (χ4n) is 2.04. The van der Waals surface area contributed by atoms with Gasteiger partial charge >= 0.3 is 0 Å². The van der Waals surface area contributed by atoms with Crippen LogP contribution in [0.15, 0.2) is 18.2 Å². The maximum Gasteiger partial charge on any atom is 0.170 e. The first-order valence-corrected chi connectivity index (χ1v) is 5.23. The van der Waals surface area contributed by atoms with Crippen LogP contribution in [0.5, 0.6) is 0 Å². The number of ketones is 1. The van der Waals surface area contributed by atoms with Crippen LogP contribution in [-0.4, -0.2) is 18.9 Å². The van der Waals surface area contributed by atoms with Crippen molar-refractivity contribution >= 4 is 5.78 Å². The van der Waals surface area contributed by atoms with Crippen molar-refractivity contribution in [1.29, 1.82) is 0 Å². The second-order valence-corrected chi connectivity index (χ2v) is 4.47. The van der Waals surface area contributed by atoms with Crippen LogP contribution in [0, 0.1) is 17.0 Å². The summed E-state index contributed by atoms with van der Waals surface area (Å²) in [6, 6.07) is 2.95. The van der Waals surface area contributed by atoms with E-state index in [1.54, 1.807) is 0 Å². The number of carbonyl (C=O) groups is 1. The number of hydrogen-bond donors (Lipinski definition) is 1. The molecule has 1 N–H and O–H groups in total. The molecule has 0 aliphatic carbocycles. The van der Waals surface area contributed by atoms with Crippen LogP contribution < -0.4 is 5.32 Å². The fraction of sp³-hybridized carbons (Fsp3) is 0.417. The Bertz CT molecular complexity index is 405. The first-order chi connectivity index (χ1) is 7.51. The van der Waals surface area contributed by atoms with Crippen molar-refractivity contribution in [2.45, 2.75) is 13.3 Å². The molecule has 0 amide bonds. The number of nitrogens with one attached hydrogen (secondary N) is 1. The molecule has 16 heavy (non-hydrogen) atoms. The molecule has 1 aromatic carbocycles. The van der Waals surface area contributed by atoms with E-state index in [0.717, 1.165) is 24.7 Å². The first-order valence-electron chi connectivity index (χ1n) is 5.23. The van der Waals surface area contributed by atoms with Crippen LogP contribution in [0.3, 0.4) is 0 Å². The topological polar surface area (TPSA) is 29.1 Å². The van der Waals surface area contributed by atoms with Gasteiger partial charge in [0.2, 0.25) is 0 Å². The molecule has 1 aromatic rings. The molecule has 1 heterocycles. The van der Waals surface area contributed by atoms with Gasteiger partial charge < -0.3 is 5.32 Å². The van der Waals surface area contributed by atoms with E-state index in [1.807, 2.05) is 6.92 Å². The van der Waals surface area contributed by atoms with Gasteiger partial charge in [-0.25, -0.2) is 8.78 Å². The molecule has 0 aromatic heterocycles. The highest BCUT2D eigenvalue weighted by molar-refractivity contribution is 6.00. The molecule has 1 saturated heterocycles. The summed E-state index contributed by atoms with van der Waals surface area (Å²) in [5.41, 5.74) is -0.427. The van der Waals surface area contributed by atoms with Crippen LogP contribution in [-0.2, 0) is 0 Å². The van der Waals surface area contributed by atoms with E-state index >= 15 is 0 Å². The number of carbonyl (C=O) groups excluding carboxylic acids is 1. The normalized spacial score (nSPS) is 24.7. The van der Waals surface area contributed by atoms with Crippen molar-refractivity contribution in [3.63, 3.8) is 0 Å². The summed E-state index contributed by atoms with van der Waals surface area (Å²) in [4.78, 5) is 12.1. The molecule has 1 aliphatic rings. The lowest BCUT2D eigenvalue weighted by molar-refractivity contribution is 0.0838. The molecule has 1 atom stereocenters.